The number of aliphatic hydroxyl groups is 1. The first-order valence-electron chi connectivity index (χ1n) is 10.00. The van der Waals surface area contributed by atoms with Gasteiger partial charge < -0.3 is 20.1 Å². The molecule has 6 heteroatoms. The highest BCUT2D eigenvalue weighted by molar-refractivity contribution is 7.90. The highest BCUT2D eigenvalue weighted by atomic mass is 32.2. The van der Waals surface area contributed by atoms with Crippen LogP contribution in [-0.2, 0) is 23.5 Å². The van der Waals surface area contributed by atoms with Crippen LogP contribution in [0.4, 0.5) is 0 Å². The van der Waals surface area contributed by atoms with E-state index in [1.807, 2.05) is 73.0 Å². The number of allylic oxidation sites excluding steroid dienone is 1. The Morgan fingerprint density at radius 1 is 1.23 bits per heavy atom. The number of hydrogen-bond donors (Lipinski definition) is 2. The average Bonchev–Trinajstić information content (AvgIpc) is 3.21. The zero-order valence-corrected chi connectivity index (χ0v) is 19.2. The molecular weight excluding hydrogens is 426 g/mol. The molecule has 0 bridgehead atoms. The molecular formula is C25H27NO3S2. The molecule has 1 heterocycles. The van der Waals surface area contributed by atoms with Gasteiger partial charge in [-0.1, -0.05) is 49.1 Å². The number of hydrogen-bond acceptors (Lipinski definition) is 5. The topological polar surface area (TPSA) is 78.5 Å². The van der Waals surface area contributed by atoms with Crippen molar-refractivity contribution in [2.75, 3.05) is 6.61 Å². The first-order valence-corrected chi connectivity index (χ1v) is 12.2. The summed E-state index contributed by atoms with van der Waals surface area (Å²) in [6.45, 7) is 6.28. The van der Waals surface area contributed by atoms with Gasteiger partial charge in [0.25, 0.3) is 0 Å². The molecule has 0 radical (unpaired) electrons. The molecule has 2 aromatic carbocycles. The summed E-state index contributed by atoms with van der Waals surface area (Å²) in [5.41, 5.74) is 10.4. The zero-order chi connectivity index (χ0) is 22.2. The fourth-order valence-corrected chi connectivity index (χ4v) is 5.61. The standard InChI is InChI=1S/C25H27NO3S2/c1-3-20(12-13-27)25-24(18(2)26)21(16-30-25)15-29-22-10-7-11-23(14-22)31(28)17-19-8-5-4-6-9-19/h3-11,14,16,27H,2,12-13,15,17,26H2,1H3/b20-3-. The monoisotopic (exact) mass is 453 g/mol. The Morgan fingerprint density at radius 2 is 2.00 bits per heavy atom. The van der Waals surface area contributed by atoms with Gasteiger partial charge in [0.05, 0.1) is 0 Å². The highest BCUT2D eigenvalue weighted by Gasteiger charge is 2.17. The van der Waals surface area contributed by atoms with E-state index in [1.54, 1.807) is 11.3 Å². The van der Waals surface area contributed by atoms with Gasteiger partial charge in [-0.25, -0.2) is 0 Å². The van der Waals surface area contributed by atoms with Crippen LogP contribution in [0.5, 0.6) is 5.75 Å². The molecule has 0 aliphatic rings. The van der Waals surface area contributed by atoms with Crippen LogP contribution in [0.25, 0.3) is 11.3 Å². The molecule has 0 aliphatic carbocycles. The summed E-state index contributed by atoms with van der Waals surface area (Å²) in [5, 5.41) is 11.4. The van der Waals surface area contributed by atoms with E-state index in [2.05, 4.69) is 6.58 Å². The molecule has 0 spiro atoms. The van der Waals surface area contributed by atoms with Crippen LogP contribution in [0, 0.1) is 0 Å². The van der Waals surface area contributed by atoms with E-state index in [4.69, 9.17) is 10.5 Å². The summed E-state index contributed by atoms with van der Waals surface area (Å²) in [6, 6.07) is 17.2. The molecule has 3 rings (SSSR count). The van der Waals surface area contributed by atoms with Crippen molar-refractivity contribution in [1.82, 2.24) is 0 Å². The SMILES string of the molecule is C=C(N)c1c(COc2cccc([S+]([O-])Cc3ccccc3)c2)csc1/C(=C\C)CCO. The van der Waals surface area contributed by atoms with Gasteiger partial charge in [0.15, 0.2) is 4.90 Å². The predicted molar refractivity (Wildman–Crippen MR) is 130 cm³/mol. The van der Waals surface area contributed by atoms with E-state index in [0.717, 1.165) is 32.0 Å². The molecule has 0 saturated heterocycles. The van der Waals surface area contributed by atoms with Gasteiger partial charge in [0, 0.05) is 39.9 Å². The van der Waals surface area contributed by atoms with Crippen molar-refractivity contribution in [3.63, 3.8) is 0 Å². The lowest BCUT2D eigenvalue weighted by Gasteiger charge is -2.13. The summed E-state index contributed by atoms with van der Waals surface area (Å²) in [6.07, 6.45) is 2.55. The Morgan fingerprint density at radius 3 is 2.68 bits per heavy atom. The number of rotatable bonds is 10. The van der Waals surface area contributed by atoms with E-state index in [9.17, 15) is 9.66 Å². The molecule has 0 saturated carbocycles. The first kappa shape index (κ1) is 23.2. The van der Waals surface area contributed by atoms with Crippen molar-refractivity contribution >= 4 is 33.8 Å². The molecule has 4 nitrogen and oxygen atoms in total. The van der Waals surface area contributed by atoms with Crippen molar-refractivity contribution < 1.29 is 14.4 Å². The third-order valence-corrected chi connectivity index (χ3v) is 7.29. The van der Waals surface area contributed by atoms with Gasteiger partial charge in [-0.15, -0.1) is 11.3 Å². The second-order valence-electron chi connectivity index (χ2n) is 7.02. The maximum absolute atomic E-state index is 12.8. The number of ether oxygens (including phenoxy) is 1. The van der Waals surface area contributed by atoms with Crippen molar-refractivity contribution in [2.24, 2.45) is 5.73 Å². The lowest BCUT2D eigenvalue weighted by atomic mass is 10.0. The third kappa shape index (κ3) is 6.02. The molecule has 3 aromatic rings. The van der Waals surface area contributed by atoms with Crippen LogP contribution >= 0.6 is 11.3 Å². The molecule has 1 atom stereocenters. The maximum atomic E-state index is 12.8. The third-order valence-electron chi connectivity index (χ3n) is 4.81. The van der Waals surface area contributed by atoms with E-state index in [1.165, 1.54) is 0 Å². The van der Waals surface area contributed by atoms with E-state index >= 15 is 0 Å². The van der Waals surface area contributed by atoms with Gasteiger partial charge in [-0.05, 0) is 47.6 Å². The number of nitrogens with two attached hydrogens (primary N) is 1. The molecule has 162 valence electrons. The summed E-state index contributed by atoms with van der Waals surface area (Å²) in [5.74, 6) is 1.12. The maximum Gasteiger partial charge on any atom is 0.156 e. The van der Waals surface area contributed by atoms with Gasteiger partial charge in [0.2, 0.25) is 0 Å². The Balaban J connectivity index is 1.74. The van der Waals surface area contributed by atoms with Gasteiger partial charge in [0.1, 0.15) is 18.1 Å². The van der Waals surface area contributed by atoms with Crippen LogP contribution in [0.1, 0.15) is 34.9 Å². The quantitative estimate of drug-likeness (QED) is 0.406. The Bertz CT molecular complexity index is 1040. The summed E-state index contributed by atoms with van der Waals surface area (Å²) in [4.78, 5) is 1.75. The van der Waals surface area contributed by atoms with Crippen LogP contribution < -0.4 is 10.5 Å². The molecule has 1 aromatic heterocycles. The molecule has 31 heavy (non-hydrogen) atoms. The number of benzene rings is 2. The second-order valence-corrected chi connectivity index (χ2v) is 9.35. The fraction of sp³-hybridized carbons (Fsp3) is 0.200. The van der Waals surface area contributed by atoms with Crippen LogP contribution in [0.15, 0.2) is 77.5 Å². The fourth-order valence-electron chi connectivity index (χ4n) is 3.27. The zero-order valence-electron chi connectivity index (χ0n) is 17.5. The Labute approximate surface area is 190 Å². The average molecular weight is 454 g/mol. The summed E-state index contributed by atoms with van der Waals surface area (Å²) >= 11 is 0.419. The van der Waals surface area contributed by atoms with E-state index in [0.29, 0.717) is 30.2 Å². The van der Waals surface area contributed by atoms with Crippen molar-refractivity contribution in [3.05, 3.63) is 94.2 Å². The Hall–Kier alpha value is -2.51. The second kappa shape index (κ2) is 11.2. The van der Waals surface area contributed by atoms with Crippen molar-refractivity contribution in [1.29, 1.82) is 0 Å². The van der Waals surface area contributed by atoms with Gasteiger partial charge >= 0.3 is 0 Å². The lowest BCUT2D eigenvalue weighted by Crippen LogP contribution is -2.06. The minimum Gasteiger partial charge on any atom is -0.611 e. The summed E-state index contributed by atoms with van der Waals surface area (Å²) in [7, 11) is 0. The molecule has 0 fully saturated rings. The normalized spacial score (nSPS) is 12.5. The largest absolute Gasteiger partial charge is 0.611 e. The van der Waals surface area contributed by atoms with Crippen LogP contribution in [0.2, 0.25) is 0 Å². The molecule has 0 amide bonds. The van der Waals surface area contributed by atoms with E-state index in [-0.39, 0.29) is 6.61 Å². The van der Waals surface area contributed by atoms with Crippen LogP contribution in [-0.4, -0.2) is 16.3 Å². The van der Waals surface area contributed by atoms with Gasteiger partial charge in [-0.3, -0.25) is 0 Å². The number of aliphatic hydroxyl groups excluding tert-OH is 1. The summed E-state index contributed by atoms with van der Waals surface area (Å²) < 4.78 is 18.8. The first-order chi connectivity index (χ1) is 15.0. The van der Waals surface area contributed by atoms with Gasteiger partial charge in [-0.2, -0.15) is 0 Å². The van der Waals surface area contributed by atoms with E-state index < -0.39 is 11.2 Å². The highest BCUT2D eigenvalue weighted by Crippen LogP contribution is 2.34. The lowest BCUT2D eigenvalue weighted by molar-refractivity contribution is 0.304. The molecule has 1 unspecified atom stereocenters. The Kier molecular flexibility index (Phi) is 8.37. The smallest absolute Gasteiger partial charge is 0.156 e. The minimum absolute atomic E-state index is 0.0762. The van der Waals surface area contributed by atoms with Crippen LogP contribution in [0.3, 0.4) is 0 Å². The minimum atomic E-state index is -1.15. The molecule has 3 N–H and O–H groups in total. The van der Waals surface area contributed by atoms with Crippen molar-refractivity contribution in [3.8, 4) is 5.75 Å². The predicted octanol–water partition coefficient (Wildman–Crippen LogP) is 5.35. The number of thiophene rings is 1. The molecule has 0 aliphatic heterocycles. The van der Waals surface area contributed by atoms with Crippen molar-refractivity contribution in [2.45, 2.75) is 30.6 Å².